The van der Waals surface area contributed by atoms with Gasteiger partial charge >= 0.3 is 0 Å². The normalized spacial score (nSPS) is 10.0. The van der Waals surface area contributed by atoms with E-state index in [9.17, 15) is 9.18 Å². The molecule has 0 heterocycles. The second kappa shape index (κ2) is 4.03. The zero-order chi connectivity index (χ0) is 9.84. The van der Waals surface area contributed by atoms with Crippen LogP contribution >= 0.6 is 0 Å². The molecule has 1 rings (SSSR count). The molecule has 0 unspecified atom stereocenters. The Kier molecular flexibility index (Phi) is 3.01. The third kappa shape index (κ3) is 2.05. The van der Waals surface area contributed by atoms with Crippen LogP contribution in [0.1, 0.15) is 30.1 Å². The van der Waals surface area contributed by atoms with Gasteiger partial charge < -0.3 is 5.73 Å². The summed E-state index contributed by atoms with van der Waals surface area (Å²) in [4.78, 5) is 11.4. The minimum Gasteiger partial charge on any atom is -0.398 e. The number of anilines is 1. The van der Waals surface area contributed by atoms with E-state index in [-0.39, 0.29) is 17.0 Å². The van der Waals surface area contributed by atoms with Gasteiger partial charge in [-0.3, -0.25) is 4.79 Å². The van der Waals surface area contributed by atoms with Crippen molar-refractivity contribution in [3.63, 3.8) is 0 Å². The maximum absolute atomic E-state index is 13.1. The fourth-order valence-corrected chi connectivity index (χ4v) is 1.19. The molecule has 2 N–H and O–H groups in total. The first-order valence-electron chi connectivity index (χ1n) is 4.24. The SMILES string of the molecule is CCCC(=O)c1c(N)cccc1F. The van der Waals surface area contributed by atoms with Crippen molar-refractivity contribution in [1.82, 2.24) is 0 Å². The summed E-state index contributed by atoms with van der Waals surface area (Å²) in [6.45, 7) is 1.87. The molecule has 0 aromatic heterocycles. The Balaban J connectivity index is 3.05. The van der Waals surface area contributed by atoms with E-state index in [2.05, 4.69) is 0 Å². The number of nitrogen functional groups attached to an aromatic ring is 1. The Morgan fingerprint density at radius 1 is 1.54 bits per heavy atom. The topological polar surface area (TPSA) is 43.1 Å². The van der Waals surface area contributed by atoms with E-state index in [1.807, 2.05) is 6.92 Å². The van der Waals surface area contributed by atoms with Crippen molar-refractivity contribution in [3.8, 4) is 0 Å². The quantitative estimate of drug-likeness (QED) is 0.574. The van der Waals surface area contributed by atoms with Gasteiger partial charge in [-0.2, -0.15) is 0 Å². The van der Waals surface area contributed by atoms with Crippen molar-refractivity contribution in [2.24, 2.45) is 0 Å². The third-order valence-electron chi connectivity index (χ3n) is 1.80. The highest BCUT2D eigenvalue weighted by Gasteiger charge is 2.13. The number of rotatable bonds is 3. The molecule has 70 valence electrons. The average molecular weight is 181 g/mol. The minimum atomic E-state index is -0.529. The molecule has 1 aromatic rings. The van der Waals surface area contributed by atoms with Crippen molar-refractivity contribution < 1.29 is 9.18 Å². The summed E-state index contributed by atoms with van der Waals surface area (Å²) in [7, 11) is 0. The molecule has 0 radical (unpaired) electrons. The summed E-state index contributed by atoms with van der Waals surface area (Å²) in [5.41, 5.74) is 5.74. The first-order valence-corrected chi connectivity index (χ1v) is 4.24. The largest absolute Gasteiger partial charge is 0.398 e. The lowest BCUT2D eigenvalue weighted by Crippen LogP contribution is -2.06. The first-order chi connectivity index (χ1) is 6.16. The van der Waals surface area contributed by atoms with Crippen molar-refractivity contribution in [1.29, 1.82) is 0 Å². The van der Waals surface area contributed by atoms with E-state index in [1.165, 1.54) is 18.2 Å². The lowest BCUT2D eigenvalue weighted by atomic mass is 10.0. The Morgan fingerprint density at radius 2 is 2.23 bits per heavy atom. The Morgan fingerprint density at radius 3 is 2.77 bits per heavy atom. The van der Waals surface area contributed by atoms with Crippen LogP contribution in [0.4, 0.5) is 10.1 Å². The minimum absolute atomic E-state index is 0.0318. The molecule has 0 saturated heterocycles. The molecule has 0 fully saturated rings. The lowest BCUT2D eigenvalue weighted by molar-refractivity contribution is 0.0979. The Bertz CT molecular complexity index is 302. The highest BCUT2D eigenvalue weighted by molar-refractivity contribution is 6.00. The fraction of sp³-hybridized carbons (Fsp3) is 0.300. The number of carbonyl (C=O) groups excluding carboxylic acids is 1. The van der Waals surface area contributed by atoms with Gasteiger partial charge in [0.1, 0.15) is 5.82 Å². The van der Waals surface area contributed by atoms with Crippen LogP contribution in [0.3, 0.4) is 0 Å². The van der Waals surface area contributed by atoms with Crippen LogP contribution in [-0.2, 0) is 0 Å². The van der Waals surface area contributed by atoms with Gasteiger partial charge in [0.2, 0.25) is 0 Å². The first kappa shape index (κ1) is 9.71. The monoisotopic (exact) mass is 181 g/mol. The molecule has 0 amide bonds. The predicted molar refractivity (Wildman–Crippen MR) is 50.1 cm³/mol. The summed E-state index contributed by atoms with van der Waals surface area (Å²) < 4.78 is 13.1. The number of Topliss-reactive ketones (excluding diaryl/α,β-unsaturated/α-hetero) is 1. The number of hydrogen-bond donors (Lipinski definition) is 1. The number of ketones is 1. The van der Waals surface area contributed by atoms with Crippen molar-refractivity contribution >= 4 is 11.5 Å². The van der Waals surface area contributed by atoms with Gasteiger partial charge in [0.15, 0.2) is 5.78 Å². The molecular formula is C10H12FNO. The Labute approximate surface area is 76.6 Å². The van der Waals surface area contributed by atoms with E-state index in [0.717, 1.165) is 0 Å². The van der Waals surface area contributed by atoms with Crippen molar-refractivity contribution in [2.75, 3.05) is 5.73 Å². The number of nitrogens with two attached hydrogens (primary N) is 1. The van der Waals surface area contributed by atoms with Gasteiger partial charge in [-0.05, 0) is 18.6 Å². The average Bonchev–Trinajstić information content (AvgIpc) is 2.04. The van der Waals surface area contributed by atoms with Gasteiger partial charge in [-0.25, -0.2) is 4.39 Å². The molecule has 0 aliphatic heterocycles. The van der Waals surface area contributed by atoms with E-state index < -0.39 is 5.82 Å². The second-order valence-corrected chi connectivity index (χ2v) is 2.88. The van der Waals surface area contributed by atoms with Crippen LogP contribution in [0, 0.1) is 5.82 Å². The summed E-state index contributed by atoms with van der Waals surface area (Å²) in [5.74, 6) is -0.753. The molecule has 0 saturated carbocycles. The summed E-state index contributed by atoms with van der Waals surface area (Å²) in [6.07, 6.45) is 1.04. The molecule has 3 heteroatoms. The zero-order valence-corrected chi connectivity index (χ0v) is 7.51. The highest BCUT2D eigenvalue weighted by atomic mass is 19.1. The van der Waals surface area contributed by atoms with Crippen LogP contribution in [-0.4, -0.2) is 5.78 Å². The highest BCUT2D eigenvalue weighted by Crippen LogP contribution is 2.17. The molecule has 1 aromatic carbocycles. The van der Waals surface area contributed by atoms with Gasteiger partial charge in [0, 0.05) is 12.1 Å². The lowest BCUT2D eigenvalue weighted by Gasteiger charge is -2.04. The van der Waals surface area contributed by atoms with Gasteiger partial charge in [0.25, 0.3) is 0 Å². The molecule has 0 spiro atoms. The number of halogens is 1. The zero-order valence-electron chi connectivity index (χ0n) is 7.51. The molecule has 2 nitrogen and oxygen atoms in total. The van der Waals surface area contributed by atoms with Crippen LogP contribution < -0.4 is 5.73 Å². The molecular weight excluding hydrogens is 169 g/mol. The molecule has 13 heavy (non-hydrogen) atoms. The predicted octanol–water partition coefficient (Wildman–Crippen LogP) is 2.39. The van der Waals surface area contributed by atoms with E-state index in [1.54, 1.807) is 0 Å². The number of hydrogen-bond acceptors (Lipinski definition) is 2. The second-order valence-electron chi connectivity index (χ2n) is 2.88. The van der Waals surface area contributed by atoms with Gasteiger partial charge in [-0.15, -0.1) is 0 Å². The summed E-state index contributed by atoms with van der Waals surface area (Å²) in [5, 5.41) is 0. The molecule has 0 bridgehead atoms. The third-order valence-corrected chi connectivity index (χ3v) is 1.80. The standard InChI is InChI=1S/C10H12FNO/c1-2-4-9(13)10-7(11)5-3-6-8(10)12/h3,5-6H,2,4,12H2,1H3. The molecule has 0 aliphatic carbocycles. The van der Waals surface area contributed by atoms with E-state index >= 15 is 0 Å². The van der Waals surface area contributed by atoms with Gasteiger partial charge in [-0.1, -0.05) is 13.0 Å². The molecule has 0 aliphatic rings. The fourth-order valence-electron chi connectivity index (χ4n) is 1.19. The van der Waals surface area contributed by atoms with E-state index in [0.29, 0.717) is 12.8 Å². The molecule has 0 atom stereocenters. The number of benzene rings is 1. The number of carbonyl (C=O) groups is 1. The maximum Gasteiger partial charge on any atom is 0.167 e. The Hall–Kier alpha value is -1.38. The maximum atomic E-state index is 13.1. The smallest absolute Gasteiger partial charge is 0.167 e. The van der Waals surface area contributed by atoms with Crippen molar-refractivity contribution in [3.05, 3.63) is 29.6 Å². The van der Waals surface area contributed by atoms with Crippen LogP contribution in [0.2, 0.25) is 0 Å². The van der Waals surface area contributed by atoms with Gasteiger partial charge in [0.05, 0.1) is 5.56 Å². The van der Waals surface area contributed by atoms with Crippen molar-refractivity contribution in [2.45, 2.75) is 19.8 Å². The van der Waals surface area contributed by atoms with Crippen LogP contribution in [0.25, 0.3) is 0 Å². The van der Waals surface area contributed by atoms with E-state index in [4.69, 9.17) is 5.73 Å². The summed E-state index contributed by atoms with van der Waals surface area (Å²) >= 11 is 0. The van der Waals surface area contributed by atoms with Crippen LogP contribution in [0.5, 0.6) is 0 Å². The summed E-state index contributed by atoms with van der Waals surface area (Å²) in [6, 6.07) is 4.28. The van der Waals surface area contributed by atoms with Crippen LogP contribution in [0.15, 0.2) is 18.2 Å².